The third kappa shape index (κ3) is 6.72. The van der Waals surface area contributed by atoms with E-state index < -0.39 is 6.04 Å². The average molecular weight is 489 g/mol. The van der Waals surface area contributed by atoms with Crippen molar-refractivity contribution in [1.82, 2.24) is 10.2 Å². The fourth-order valence-corrected chi connectivity index (χ4v) is 3.93. The van der Waals surface area contributed by atoms with Gasteiger partial charge in [0.25, 0.3) is 5.91 Å². The highest BCUT2D eigenvalue weighted by molar-refractivity contribution is 9.10. The molecule has 0 spiro atoms. The summed E-state index contributed by atoms with van der Waals surface area (Å²) in [6.07, 6.45) is 4.26. The zero-order valence-electron chi connectivity index (χ0n) is 18.0. The van der Waals surface area contributed by atoms with E-state index in [1.165, 1.54) is 0 Å². The van der Waals surface area contributed by atoms with E-state index in [4.69, 9.17) is 9.47 Å². The molecule has 1 atom stereocenters. The molecular formula is C24H29BrN2O4. The molecule has 0 aromatic heterocycles. The van der Waals surface area contributed by atoms with E-state index in [2.05, 4.69) is 21.2 Å². The van der Waals surface area contributed by atoms with Crippen LogP contribution in [0.5, 0.6) is 11.5 Å². The van der Waals surface area contributed by atoms with Crippen molar-refractivity contribution in [3.05, 3.63) is 58.6 Å². The highest BCUT2D eigenvalue weighted by Gasteiger charge is 2.28. The molecule has 1 N–H and O–H groups in total. The van der Waals surface area contributed by atoms with Crippen LogP contribution in [-0.2, 0) is 16.1 Å². The Hall–Kier alpha value is -2.54. The van der Waals surface area contributed by atoms with Crippen LogP contribution in [0.1, 0.15) is 38.2 Å². The molecule has 1 saturated carbocycles. The van der Waals surface area contributed by atoms with Crippen LogP contribution < -0.4 is 14.8 Å². The molecule has 0 bridgehead atoms. The van der Waals surface area contributed by atoms with Gasteiger partial charge in [0, 0.05) is 17.1 Å². The summed E-state index contributed by atoms with van der Waals surface area (Å²) >= 11 is 3.38. The fraction of sp³-hybridized carbons (Fsp3) is 0.417. The first-order valence-corrected chi connectivity index (χ1v) is 11.4. The third-order valence-electron chi connectivity index (χ3n) is 5.56. The number of carbonyl (C=O) groups is 2. The Morgan fingerprint density at radius 2 is 1.68 bits per heavy atom. The summed E-state index contributed by atoms with van der Waals surface area (Å²) in [6, 6.07) is 14.4. The Labute approximate surface area is 192 Å². The van der Waals surface area contributed by atoms with Gasteiger partial charge in [-0.05, 0) is 61.7 Å². The van der Waals surface area contributed by atoms with Crippen LogP contribution >= 0.6 is 15.9 Å². The molecule has 1 fully saturated rings. The fourth-order valence-electron chi connectivity index (χ4n) is 3.66. The SMILES string of the molecule is COc1ccc(CN(C(=O)COc2ccc(Br)cc2)[C@H](C)C(=O)NC2CCCC2)cc1. The molecule has 0 heterocycles. The van der Waals surface area contributed by atoms with E-state index in [1.54, 1.807) is 31.1 Å². The van der Waals surface area contributed by atoms with E-state index in [-0.39, 0.29) is 24.5 Å². The summed E-state index contributed by atoms with van der Waals surface area (Å²) in [5.41, 5.74) is 0.915. The van der Waals surface area contributed by atoms with E-state index in [0.29, 0.717) is 12.3 Å². The number of rotatable bonds is 9. The minimum Gasteiger partial charge on any atom is -0.497 e. The number of amides is 2. The summed E-state index contributed by atoms with van der Waals surface area (Å²) in [7, 11) is 1.61. The summed E-state index contributed by atoms with van der Waals surface area (Å²) in [6.45, 7) is 1.94. The number of carbonyl (C=O) groups excluding carboxylic acids is 2. The molecule has 2 aromatic carbocycles. The zero-order chi connectivity index (χ0) is 22.2. The van der Waals surface area contributed by atoms with Gasteiger partial charge in [0.05, 0.1) is 7.11 Å². The van der Waals surface area contributed by atoms with Crippen molar-refractivity contribution in [3.8, 4) is 11.5 Å². The largest absolute Gasteiger partial charge is 0.497 e. The van der Waals surface area contributed by atoms with Crippen LogP contribution in [-0.4, -0.2) is 42.5 Å². The van der Waals surface area contributed by atoms with Crippen LogP contribution in [0.2, 0.25) is 0 Å². The molecule has 7 heteroatoms. The van der Waals surface area contributed by atoms with E-state index in [0.717, 1.165) is 41.5 Å². The quantitative estimate of drug-likeness (QED) is 0.570. The van der Waals surface area contributed by atoms with Gasteiger partial charge in [0.2, 0.25) is 5.91 Å². The topological polar surface area (TPSA) is 67.9 Å². The summed E-state index contributed by atoms with van der Waals surface area (Å²) in [5.74, 6) is 0.974. The second-order valence-electron chi connectivity index (χ2n) is 7.78. The molecule has 2 aromatic rings. The first kappa shape index (κ1) is 23.1. The zero-order valence-corrected chi connectivity index (χ0v) is 19.6. The molecular weight excluding hydrogens is 460 g/mol. The van der Waals surface area contributed by atoms with Crippen molar-refractivity contribution < 1.29 is 19.1 Å². The minimum absolute atomic E-state index is 0.127. The number of hydrogen-bond acceptors (Lipinski definition) is 4. The smallest absolute Gasteiger partial charge is 0.261 e. The Bertz CT molecular complexity index is 864. The standard InChI is InChI=1S/C24H29BrN2O4/c1-17(24(29)26-20-5-3-4-6-20)27(15-18-7-11-21(30-2)12-8-18)23(28)16-31-22-13-9-19(25)10-14-22/h7-14,17,20H,3-6,15-16H2,1-2H3,(H,26,29)/t17-/m1/s1. The van der Waals surface area contributed by atoms with Gasteiger partial charge in [-0.3, -0.25) is 9.59 Å². The predicted octanol–water partition coefficient (Wildman–Crippen LogP) is 4.31. The Morgan fingerprint density at radius 1 is 1.06 bits per heavy atom. The van der Waals surface area contributed by atoms with Crippen molar-refractivity contribution in [2.24, 2.45) is 0 Å². The lowest BCUT2D eigenvalue weighted by Crippen LogP contribution is -2.50. The van der Waals surface area contributed by atoms with Gasteiger partial charge < -0.3 is 19.7 Å². The van der Waals surface area contributed by atoms with Crippen LogP contribution in [0, 0.1) is 0 Å². The van der Waals surface area contributed by atoms with Crippen molar-refractivity contribution in [2.75, 3.05) is 13.7 Å². The number of nitrogens with zero attached hydrogens (tertiary/aromatic N) is 1. The molecule has 0 radical (unpaired) electrons. The number of methoxy groups -OCH3 is 1. The molecule has 1 aliphatic rings. The van der Waals surface area contributed by atoms with Crippen LogP contribution in [0.25, 0.3) is 0 Å². The lowest BCUT2D eigenvalue weighted by atomic mass is 10.1. The Morgan fingerprint density at radius 3 is 2.29 bits per heavy atom. The lowest BCUT2D eigenvalue weighted by Gasteiger charge is -2.29. The molecule has 166 valence electrons. The number of nitrogens with one attached hydrogen (secondary N) is 1. The van der Waals surface area contributed by atoms with Crippen LogP contribution in [0.3, 0.4) is 0 Å². The highest BCUT2D eigenvalue weighted by Crippen LogP contribution is 2.20. The molecule has 0 unspecified atom stereocenters. The normalized spacial score (nSPS) is 14.7. The van der Waals surface area contributed by atoms with E-state index in [9.17, 15) is 9.59 Å². The van der Waals surface area contributed by atoms with Gasteiger partial charge in [0.1, 0.15) is 17.5 Å². The maximum Gasteiger partial charge on any atom is 0.261 e. The van der Waals surface area contributed by atoms with Gasteiger partial charge in [-0.2, -0.15) is 0 Å². The second kappa shape index (κ2) is 11.2. The van der Waals surface area contributed by atoms with E-state index in [1.807, 2.05) is 36.4 Å². The maximum absolute atomic E-state index is 13.1. The molecule has 3 rings (SSSR count). The van der Waals surface area contributed by atoms with Crippen molar-refractivity contribution >= 4 is 27.7 Å². The number of ether oxygens (including phenoxy) is 2. The molecule has 2 amide bonds. The number of hydrogen-bond donors (Lipinski definition) is 1. The summed E-state index contributed by atoms with van der Waals surface area (Å²) < 4.78 is 11.8. The van der Waals surface area contributed by atoms with Gasteiger partial charge in [-0.15, -0.1) is 0 Å². The maximum atomic E-state index is 13.1. The number of benzene rings is 2. The summed E-state index contributed by atoms with van der Waals surface area (Å²) in [4.78, 5) is 27.5. The Kier molecular flexibility index (Phi) is 8.35. The molecule has 31 heavy (non-hydrogen) atoms. The van der Waals surface area contributed by atoms with Crippen LogP contribution in [0.4, 0.5) is 0 Å². The molecule has 6 nitrogen and oxygen atoms in total. The highest BCUT2D eigenvalue weighted by atomic mass is 79.9. The third-order valence-corrected chi connectivity index (χ3v) is 6.09. The lowest BCUT2D eigenvalue weighted by molar-refractivity contribution is -0.142. The number of halogens is 1. The second-order valence-corrected chi connectivity index (χ2v) is 8.69. The van der Waals surface area contributed by atoms with Crippen LogP contribution in [0.15, 0.2) is 53.0 Å². The van der Waals surface area contributed by atoms with Crippen molar-refractivity contribution in [3.63, 3.8) is 0 Å². The average Bonchev–Trinajstić information content (AvgIpc) is 3.30. The van der Waals surface area contributed by atoms with E-state index >= 15 is 0 Å². The summed E-state index contributed by atoms with van der Waals surface area (Å²) in [5, 5.41) is 3.10. The monoisotopic (exact) mass is 488 g/mol. The predicted molar refractivity (Wildman–Crippen MR) is 123 cm³/mol. The molecule has 0 aliphatic heterocycles. The minimum atomic E-state index is -0.608. The van der Waals surface area contributed by atoms with Gasteiger partial charge in [0.15, 0.2) is 6.61 Å². The first-order valence-electron chi connectivity index (χ1n) is 10.6. The van der Waals surface area contributed by atoms with Gasteiger partial charge in [-0.25, -0.2) is 0 Å². The van der Waals surface area contributed by atoms with Crippen molar-refractivity contribution in [1.29, 1.82) is 0 Å². The van der Waals surface area contributed by atoms with Gasteiger partial charge >= 0.3 is 0 Å². The first-order chi connectivity index (χ1) is 15.0. The van der Waals surface area contributed by atoms with Gasteiger partial charge in [-0.1, -0.05) is 40.9 Å². The Balaban J connectivity index is 1.70. The molecule has 1 aliphatic carbocycles. The molecule has 0 saturated heterocycles. The van der Waals surface area contributed by atoms with Crippen molar-refractivity contribution in [2.45, 2.75) is 51.2 Å².